The quantitative estimate of drug-likeness (QED) is 0.757. The molecular formula is C18H26O2. The van der Waals surface area contributed by atoms with Crippen LogP contribution in [0.5, 0.6) is 5.75 Å². The molecule has 2 heteroatoms. The number of fused-ring (bicyclic) bond motifs is 3. The van der Waals surface area contributed by atoms with Crippen molar-refractivity contribution in [3.8, 4) is 5.75 Å². The maximum Gasteiger partial charge on any atom is 0.118 e. The number of hydrogen-bond acceptors (Lipinski definition) is 2. The molecule has 2 N–H and O–H groups in total. The number of hydrogen-bond donors (Lipinski definition) is 2. The number of aryl methyl sites for hydroxylation is 2. The summed E-state index contributed by atoms with van der Waals surface area (Å²) in [5.74, 6) is 0.892. The molecule has 110 valence electrons. The van der Waals surface area contributed by atoms with Gasteiger partial charge in [-0.05, 0) is 72.1 Å². The number of rotatable bonds is 0. The molecule has 1 saturated carbocycles. The van der Waals surface area contributed by atoms with Crippen LogP contribution < -0.4 is 0 Å². The predicted octanol–water partition coefficient (Wildman–Crippen LogP) is 3.70. The standard InChI is InChI=1S/C18H26O2/c1-11-9-12-5-6-15-17(2,3)16(20)7-8-18(15,4)13(12)10-14(11)19/h9-10,15-16,19-20H,5-8H2,1-4H3/t15-,16+,18+/m1/s1. The number of aromatic hydroxyl groups is 1. The van der Waals surface area contributed by atoms with E-state index in [4.69, 9.17) is 0 Å². The van der Waals surface area contributed by atoms with Gasteiger partial charge in [0.1, 0.15) is 5.75 Å². The van der Waals surface area contributed by atoms with E-state index in [2.05, 4.69) is 26.8 Å². The molecule has 3 atom stereocenters. The van der Waals surface area contributed by atoms with Crippen LogP contribution in [0, 0.1) is 18.3 Å². The van der Waals surface area contributed by atoms with Gasteiger partial charge in [-0.3, -0.25) is 0 Å². The fourth-order valence-electron chi connectivity index (χ4n) is 4.84. The highest BCUT2D eigenvalue weighted by molar-refractivity contribution is 5.47. The second kappa shape index (κ2) is 4.24. The molecule has 0 aromatic heterocycles. The van der Waals surface area contributed by atoms with E-state index in [1.165, 1.54) is 11.1 Å². The monoisotopic (exact) mass is 274 g/mol. The van der Waals surface area contributed by atoms with E-state index in [0.717, 1.165) is 31.2 Å². The first kappa shape index (κ1) is 13.9. The van der Waals surface area contributed by atoms with Crippen molar-refractivity contribution < 1.29 is 10.2 Å². The largest absolute Gasteiger partial charge is 0.508 e. The van der Waals surface area contributed by atoms with Gasteiger partial charge in [-0.2, -0.15) is 0 Å². The van der Waals surface area contributed by atoms with Crippen molar-refractivity contribution >= 4 is 0 Å². The van der Waals surface area contributed by atoms with Crippen molar-refractivity contribution in [3.05, 3.63) is 28.8 Å². The van der Waals surface area contributed by atoms with Crippen LogP contribution in [-0.4, -0.2) is 16.3 Å². The lowest BCUT2D eigenvalue weighted by molar-refractivity contribution is -0.0731. The smallest absolute Gasteiger partial charge is 0.118 e. The summed E-state index contributed by atoms with van der Waals surface area (Å²) in [6, 6.07) is 4.15. The number of aliphatic hydroxyl groups is 1. The van der Waals surface area contributed by atoms with E-state index in [9.17, 15) is 10.2 Å². The summed E-state index contributed by atoms with van der Waals surface area (Å²) in [6.45, 7) is 8.72. The molecule has 0 radical (unpaired) electrons. The highest BCUT2D eigenvalue weighted by Crippen LogP contribution is 2.57. The van der Waals surface area contributed by atoms with Gasteiger partial charge in [0.25, 0.3) is 0 Å². The summed E-state index contributed by atoms with van der Waals surface area (Å²) in [5.41, 5.74) is 3.72. The van der Waals surface area contributed by atoms with Gasteiger partial charge in [0.05, 0.1) is 6.10 Å². The predicted molar refractivity (Wildman–Crippen MR) is 81.0 cm³/mol. The molecule has 2 aliphatic carbocycles. The van der Waals surface area contributed by atoms with Crippen molar-refractivity contribution in [1.82, 2.24) is 0 Å². The highest BCUT2D eigenvalue weighted by Gasteiger charge is 2.53. The van der Waals surface area contributed by atoms with Gasteiger partial charge >= 0.3 is 0 Å². The molecule has 0 amide bonds. The first-order valence-corrected chi connectivity index (χ1v) is 7.78. The van der Waals surface area contributed by atoms with Crippen LogP contribution in [0.4, 0.5) is 0 Å². The lowest BCUT2D eigenvalue weighted by Crippen LogP contribution is -2.53. The van der Waals surface area contributed by atoms with E-state index in [1.807, 2.05) is 13.0 Å². The molecule has 20 heavy (non-hydrogen) atoms. The molecule has 0 heterocycles. The minimum absolute atomic E-state index is 0.0504. The van der Waals surface area contributed by atoms with Crippen molar-refractivity contribution in [2.24, 2.45) is 11.3 Å². The summed E-state index contributed by atoms with van der Waals surface area (Å²) in [4.78, 5) is 0. The zero-order chi connectivity index (χ0) is 14.7. The lowest BCUT2D eigenvalue weighted by atomic mass is 9.49. The Morgan fingerprint density at radius 3 is 2.55 bits per heavy atom. The van der Waals surface area contributed by atoms with Crippen LogP contribution in [-0.2, 0) is 11.8 Å². The normalized spacial score (nSPS) is 35.2. The molecule has 0 aliphatic heterocycles. The van der Waals surface area contributed by atoms with E-state index in [-0.39, 0.29) is 16.9 Å². The van der Waals surface area contributed by atoms with Gasteiger partial charge < -0.3 is 10.2 Å². The number of benzene rings is 1. The molecule has 1 aromatic rings. The summed E-state index contributed by atoms with van der Waals surface area (Å²) >= 11 is 0. The molecule has 2 aliphatic rings. The Kier molecular flexibility index (Phi) is 2.95. The third-order valence-corrected chi connectivity index (χ3v) is 6.20. The van der Waals surface area contributed by atoms with Crippen LogP contribution >= 0.6 is 0 Å². The van der Waals surface area contributed by atoms with Gasteiger partial charge in [-0.1, -0.05) is 26.8 Å². The van der Waals surface area contributed by atoms with Crippen molar-refractivity contribution in [3.63, 3.8) is 0 Å². The average Bonchev–Trinajstić information content (AvgIpc) is 2.37. The third-order valence-electron chi connectivity index (χ3n) is 6.20. The van der Waals surface area contributed by atoms with E-state index in [0.29, 0.717) is 11.7 Å². The SMILES string of the molecule is Cc1cc2c(cc1O)[C@]1(C)CC[C@H](O)C(C)(C)[C@H]1CC2. The summed E-state index contributed by atoms with van der Waals surface area (Å²) in [6.07, 6.45) is 3.86. The Labute approximate surface area is 121 Å². The molecular weight excluding hydrogens is 248 g/mol. The minimum Gasteiger partial charge on any atom is -0.508 e. The zero-order valence-electron chi connectivity index (χ0n) is 13.0. The number of phenolic OH excluding ortho intramolecular Hbond substituents is 1. The van der Waals surface area contributed by atoms with Crippen LogP contribution in [0.1, 0.15) is 56.7 Å². The first-order valence-electron chi connectivity index (χ1n) is 7.78. The third kappa shape index (κ3) is 1.74. The topological polar surface area (TPSA) is 40.5 Å². The van der Waals surface area contributed by atoms with Crippen molar-refractivity contribution in [2.45, 2.75) is 64.9 Å². The van der Waals surface area contributed by atoms with Crippen LogP contribution in [0.25, 0.3) is 0 Å². The Balaban J connectivity index is 2.14. The highest BCUT2D eigenvalue weighted by atomic mass is 16.3. The molecule has 2 nitrogen and oxygen atoms in total. The first-order chi connectivity index (χ1) is 9.26. The van der Waals surface area contributed by atoms with Crippen molar-refractivity contribution in [1.29, 1.82) is 0 Å². The lowest BCUT2D eigenvalue weighted by Gasteiger charge is -2.56. The minimum atomic E-state index is -0.207. The van der Waals surface area contributed by atoms with Crippen LogP contribution in [0.3, 0.4) is 0 Å². The van der Waals surface area contributed by atoms with Crippen LogP contribution in [0.15, 0.2) is 12.1 Å². The number of phenols is 1. The van der Waals surface area contributed by atoms with Gasteiger partial charge in [0.15, 0.2) is 0 Å². The number of aliphatic hydroxyl groups excluding tert-OH is 1. The zero-order valence-corrected chi connectivity index (χ0v) is 13.0. The molecule has 0 spiro atoms. The molecule has 3 rings (SSSR count). The summed E-state index contributed by atoms with van der Waals surface area (Å²) < 4.78 is 0. The molecule has 0 unspecified atom stereocenters. The Morgan fingerprint density at radius 1 is 1.15 bits per heavy atom. The van der Waals surface area contributed by atoms with Gasteiger partial charge in [0, 0.05) is 0 Å². The van der Waals surface area contributed by atoms with Crippen LogP contribution in [0.2, 0.25) is 0 Å². The Hall–Kier alpha value is -1.02. The fraction of sp³-hybridized carbons (Fsp3) is 0.667. The molecule has 0 bridgehead atoms. The van der Waals surface area contributed by atoms with E-state index >= 15 is 0 Å². The Bertz CT molecular complexity index is 547. The fourth-order valence-corrected chi connectivity index (χ4v) is 4.84. The second-order valence-corrected chi connectivity index (χ2v) is 7.68. The van der Waals surface area contributed by atoms with Gasteiger partial charge in [0.2, 0.25) is 0 Å². The van der Waals surface area contributed by atoms with Gasteiger partial charge in [-0.25, -0.2) is 0 Å². The molecule has 0 saturated heterocycles. The Morgan fingerprint density at radius 2 is 1.85 bits per heavy atom. The van der Waals surface area contributed by atoms with Crippen molar-refractivity contribution in [2.75, 3.05) is 0 Å². The molecule has 1 aromatic carbocycles. The summed E-state index contributed by atoms with van der Waals surface area (Å²) in [7, 11) is 0. The molecule has 1 fully saturated rings. The summed E-state index contributed by atoms with van der Waals surface area (Å²) in [5, 5.41) is 20.5. The maximum atomic E-state index is 10.4. The maximum absolute atomic E-state index is 10.4. The second-order valence-electron chi connectivity index (χ2n) is 7.68. The van der Waals surface area contributed by atoms with E-state index in [1.54, 1.807) is 0 Å². The van der Waals surface area contributed by atoms with Gasteiger partial charge in [-0.15, -0.1) is 0 Å². The van der Waals surface area contributed by atoms with E-state index < -0.39 is 0 Å². The average molecular weight is 274 g/mol.